The van der Waals surface area contributed by atoms with Gasteiger partial charge in [-0.05, 0) is 41.4 Å². The third-order valence-corrected chi connectivity index (χ3v) is 4.85. The van der Waals surface area contributed by atoms with Crippen LogP contribution < -0.4 is 5.32 Å². The first-order valence-electron chi connectivity index (χ1n) is 8.16. The summed E-state index contributed by atoms with van der Waals surface area (Å²) in [4.78, 5) is 12.1. The number of carbonyl (C=O) groups excluding carboxylic acids is 1. The summed E-state index contributed by atoms with van der Waals surface area (Å²) in [6.07, 6.45) is 7.25. The highest BCUT2D eigenvalue weighted by Gasteiger charge is 2.30. The van der Waals surface area contributed by atoms with Crippen molar-refractivity contribution in [2.75, 3.05) is 0 Å². The van der Waals surface area contributed by atoms with E-state index in [1.807, 2.05) is 0 Å². The van der Waals surface area contributed by atoms with Gasteiger partial charge in [0.05, 0.1) is 0 Å². The zero-order valence-electron chi connectivity index (χ0n) is 13.8. The van der Waals surface area contributed by atoms with Gasteiger partial charge in [0.2, 0.25) is 5.91 Å². The Labute approximate surface area is 133 Å². The van der Waals surface area contributed by atoms with Crippen LogP contribution in [0, 0.1) is 5.92 Å². The molecule has 2 nitrogen and oxygen atoms in total. The van der Waals surface area contributed by atoms with E-state index in [2.05, 4.69) is 63.0 Å². The van der Waals surface area contributed by atoms with Crippen molar-refractivity contribution in [2.45, 2.75) is 51.4 Å². The van der Waals surface area contributed by atoms with Crippen molar-refractivity contribution in [2.24, 2.45) is 5.92 Å². The van der Waals surface area contributed by atoms with E-state index in [1.54, 1.807) is 0 Å². The standard InChI is InChI=1S/C20H25NO/c1-13-8-9-15(19(22)21-13)12-14-10-11-17-16(14)6-5-7-18(17)20(2,3)4/h5-7,10-11,14-15H,1,8-9,12H2,2-4H3,(H,21,22). The minimum absolute atomic E-state index is 0.101. The van der Waals surface area contributed by atoms with E-state index in [4.69, 9.17) is 0 Å². The summed E-state index contributed by atoms with van der Waals surface area (Å²) in [5.74, 6) is 0.605. The Kier molecular flexibility index (Phi) is 3.72. The predicted octanol–water partition coefficient (Wildman–Crippen LogP) is 4.52. The molecule has 3 rings (SSSR count). The Morgan fingerprint density at radius 2 is 2.09 bits per heavy atom. The summed E-state index contributed by atoms with van der Waals surface area (Å²) in [6, 6.07) is 6.60. The Hall–Kier alpha value is -1.83. The largest absolute Gasteiger partial charge is 0.330 e. The molecule has 1 heterocycles. The Morgan fingerprint density at radius 3 is 2.77 bits per heavy atom. The lowest BCUT2D eigenvalue weighted by Crippen LogP contribution is -2.35. The van der Waals surface area contributed by atoms with Gasteiger partial charge in [0.15, 0.2) is 0 Å². The number of piperidine rings is 1. The van der Waals surface area contributed by atoms with Gasteiger partial charge in [0, 0.05) is 17.5 Å². The van der Waals surface area contributed by atoms with Crippen molar-refractivity contribution < 1.29 is 4.79 Å². The number of allylic oxidation sites excluding steroid dienone is 2. The van der Waals surface area contributed by atoms with Crippen molar-refractivity contribution in [1.29, 1.82) is 0 Å². The maximum atomic E-state index is 12.1. The second-order valence-electron chi connectivity index (χ2n) is 7.59. The van der Waals surface area contributed by atoms with Gasteiger partial charge in [-0.15, -0.1) is 0 Å². The number of hydrogen-bond donors (Lipinski definition) is 1. The molecule has 0 spiro atoms. The van der Waals surface area contributed by atoms with Gasteiger partial charge in [-0.2, -0.15) is 0 Å². The highest BCUT2D eigenvalue weighted by atomic mass is 16.1. The van der Waals surface area contributed by atoms with E-state index in [-0.39, 0.29) is 17.2 Å². The molecule has 1 aliphatic heterocycles. The summed E-state index contributed by atoms with van der Waals surface area (Å²) in [6.45, 7) is 10.6. The smallest absolute Gasteiger partial charge is 0.227 e. The molecule has 0 saturated carbocycles. The van der Waals surface area contributed by atoms with Crippen LogP contribution in [0.2, 0.25) is 0 Å². The lowest BCUT2D eigenvalue weighted by Gasteiger charge is -2.26. The maximum absolute atomic E-state index is 12.1. The lowest BCUT2D eigenvalue weighted by molar-refractivity contribution is -0.125. The highest BCUT2D eigenvalue weighted by Crippen LogP contribution is 2.40. The van der Waals surface area contributed by atoms with Crippen LogP contribution in [0.25, 0.3) is 6.08 Å². The van der Waals surface area contributed by atoms with E-state index in [0.717, 1.165) is 25.0 Å². The molecule has 1 aromatic rings. The second kappa shape index (κ2) is 5.42. The van der Waals surface area contributed by atoms with Gasteiger partial charge >= 0.3 is 0 Å². The van der Waals surface area contributed by atoms with Crippen molar-refractivity contribution in [3.8, 4) is 0 Å². The van der Waals surface area contributed by atoms with Crippen LogP contribution in [0.15, 0.2) is 36.6 Å². The molecule has 2 atom stereocenters. The molecule has 116 valence electrons. The Balaban J connectivity index is 1.82. The van der Waals surface area contributed by atoms with Crippen molar-refractivity contribution in [3.05, 3.63) is 53.2 Å². The zero-order valence-corrected chi connectivity index (χ0v) is 13.8. The lowest BCUT2D eigenvalue weighted by atomic mass is 9.80. The van der Waals surface area contributed by atoms with Gasteiger partial charge in [0.25, 0.3) is 0 Å². The average molecular weight is 295 g/mol. The van der Waals surface area contributed by atoms with Gasteiger partial charge in [-0.25, -0.2) is 0 Å². The van der Waals surface area contributed by atoms with E-state index < -0.39 is 0 Å². The zero-order chi connectivity index (χ0) is 15.9. The molecule has 1 aromatic carbocycles. The molecule has 2 unspecified atom stereocenters. The molecule has 22 heavy (non-hydrogen) atoms. The second-order valence-corrected chi connectivity index (χ2v) is 7.59. The fraction of sp³-hybridized carbons (Fsp3) is 0.450. The summed E-state index contributed by atoms with van der Waals surface area (Å²) in [7, 11) is 0. The van der Waals surface area contributed by atoms with E-state index in [9.17, 15) is 4.79 Å². The fourth-order valence-electron chi connectivity index (χ4n) is 3.62. The van der Waals surface area contributed by atoms with Gasteiger partial charge in [0.1, 0.15) is 0 Å². The molecule has 0 aromatic heterocycles. The van der Waals surface area contributed by atoms with Gasteiger partial charge in [-0.3, -0.25) is 4.79 Å². The van der Waals surface area contributed by atoms with Crippen LogP contribution in [0.5, 0.6) is 0 Å². The third-order valence-electron chi connectivity index (χ3n) is 4.85. The van der Waals surface area contributed by atoms with Crippen LogP contribution in [-0.4, -0.2) is 5.91 Å². The normalized spacial score (nSPS) is 24.3. The number of benzene rings is 1. The van der Waals surface area contributed by atoms with Gasteiger partial charge in [-0.1, -0.05) is 57.7 Å². The summed E-state index contributed by atoms with van der Waals surface area (Å²) in [5.41, 5.74) is 5.14. The Morgan fingerprint density at radius 1 is 1.32 bits per heavy atom. The van der Waals surface area contributed by atoms with E-state index in [1.165, 1.54) is 16.7 Å². The number of amides is 1. The minimum Gasteiger partial charge on any atom is -0.330 e. The molecule has 0 radical (unpaired) electrons. The quantitative estimate of drug-likeness (QED) is 0.853. The number of hydrogen-bond acceptors (Lipinski definition) is 1. The number of rotatable bonds is 2. The molecule has 1 aliphatic carbocycles. The SMILES string of the molecule is C=C1CCC(CC2C=Cc3c2cccc3C(C)(C)C)C(=O)N1. The number of nitrogens with one attached hydrogen (secondary N) is 1. The topological polar surface area (TPSA) is 29.1 Å². The fourth-order valence-corrected chi connectivity index (χ4v) is 3.62. The first-order chi connectivity index (χ1) is 10.4. The van der Waals surface area contributed by atoms with Crippen LogP contribution in [0.3, 0.4) is 0 Å². The summed E-state index contributed by atoms with van der Waals surface area (Å²) >= 11 is 0. The van der Waals surface area contributed by atoms with E-state index >= 15 is 0 Å². The van der Waals surface area contributed by atoms with Crippen LogP contribution in [0.4, 0.5) is 0 Å². The molecular formula is C20H25NO. The van der Waals surface area contributed by atoms with Crippen molar-refractivity contribution in [3.63, 3.8) is 0 Å². The molecule has 1 fully saturated rings. The molecule has 1 N–H and O–H groups in total. The first kappa shape index (κ1) is 15.1. The molecule has 0 bridgehead atoms. The molecular weight excluding hydrogens is 270 g/mol. The maximum Gasteiger partial charge on any atom is 0.227 e. The van der Waals surface area contributed by atoms with E-state index in [0.29, 0.717) is 5.92 Å². The first-order valence-corrected chi connectivity index (χ1v) is 8.16. The summed E-state index contributed by atoms with van der Waals surface area (Å²) < 4.78 is 0. The van der Waals surface area contributed by atoms with Crippen molar-refractivity contribution in [1.82, 2.24) is 5.32 Å². The summed E-state index contributed by atoms with van der Waals surface area (Å²) in [5, 5.41) is 2.91. The predicted molar refractivity (Wildman–Crippen MR) is 91.5 cm³/mol. The molecule has 1 saturated heterocycles. The Bertz CT molecular complexity index is 648. The van der Waals surface area contributed by atoms with Crippen molar-refractivity contribution >= 4 is 12.0 Å². The third kappa shape index (κ3) is 2.75. The number of fused-ring (bicyclic) bond motifs is 1. The highest BCUT2D eigenvalue weighted by molar-refractivity contribution is 5.81. The minimum atomic E-state index is 0.101. The molecule has 1 amide bonds. The van der Waals surface area contributed by atoms with Crippen LogP contribution in [0.1, 0.15) is 62.6 Å². The average Bonchev–Trinajstić information content (AvgIpc) is 2.84. The van der Waals surface area contributed by atoms with Gasteiger partial charge < -0.3 is 5.32 Å². The molecule has 2 heteroatoms. The number of carbonyl (C=O) groups is 1. The van der Waals surface area contributed by atoms with Crippen LogP contribution in [-0.2, 0) is 10.2 Å². The van der Waals surface area contributed by atoms with Crippen LogP contribution >= 0.6 is 0 Å². The monoisotopic (exact) mass is 295 g/mol. The molecule has 2 aliphatic rings.